The smallest absolute Gasteiger partial charge is 0.151 e. The predicted molar refractivity (Wildman–Crippen MR) is 103 cm³/mol. The van der Waals surface area contributed by atoms with Crippen LogP contribution in [0.4, 0.5) is 0 Å². The molecule has 0 amide bonds. The molecule has 0 aliphatic rings. The largest absolute Gasteiger partial charge is 0.494 e. The molecule has 0 bridgehead atoms. The summed E-state index contributed by atoms with van der Waals surface area (Å²) in [7, 11) is -3.12. The van der Waals surface area contributed by atoms with E-state index in [9.17, 15) is 8.42 Å². The summed E-state index contributed by atoms with van der Waals surface area (Å²) in [6, 6.07) is 9.54. The highest BCUT2D eigenvalue weighted by Crippen LogP contribution is 2.32. The lowest BCUT2D eigenvalue weighted by molar-refractivity contribution is 0.309. The van der Waals surface area contributed by atoms with Crippen LogP contribution in [0, 0.1) is 0 Å². The van der Waals surface area contributed by atoms with Gasteiger partial charge in [0.05, 0.1) is 19.0 Å². The Morgan fingerprint density at radius 1 is 0.880 bits per heavy atom. The summed E-state index contributed by atoms with van der Waals surface area (Å²) in [4.78, 5) is 0. The minimum Gasteiger partial charge on any atom is -0.494 e. The van der Waals surface area contributed by atoms with Crippen molar-refractivity contribution in [1.29, 1.82) is 0 Å². The molecule has 0 fully saturated rings. The minimum absolute atomic E-state index is 0.0111. The Bertz CT molecular complexity index is 797. The molecule has 0 aliphatic heterocycles. The zero-order valence-electron chi connectivity index (χ0n) is 15.4. The standard InChI is InChI=1S/C20H28O4S/c1-4-6-12-23-17-9-10-18-19(14-17)16(15-25(3,21)22)8-11-20(18)24-13-7-5-2/h8-11,14H,4-7,12-13,15H2,1-3H3. The topological polar surface area (TPSA) is 52.6 Å². The van der Waals surface area contributed by atoms with E-state index in [1.807, 2.05) is 30.3 Å². The zero-order valence-corrected chi connectivity index (χ0v) is 16.2. The molecule has 0 heterocycles. The molecule has 0 unspecified atom stereocenters. The van der Waals surface area contributed by atoms with Crippen molar-refractivity contribution in [3.8, 4) is 11.5 Å². The number of unbranched alkanes of at least 4 members (excludes halogenated alkanes) is 2. The van der Waals surface area contributed by atoms with E-state index in [0.29, 0.717) is 13.2 Å². The number of rotatable bonds is 10. The van der Waals surface area contributed by atoms with Crippen LogP contribution < -0.4 is 9.47 Å². The third-order valence-electron chi connectivity index (χ3n) is 3.98. The van der Waals surface area contributed by atoms with Crippen LogP contribution in [0.5, 0.6) is 11.5 Å². The Morgan fingerprint density at radius 2 is 1.56 bits per heavy atom. The Morgan fingerprint density at radius 3 is 2.20 bits per heavy atom. The fourth-order valence-corrected chi connectivity index (χ4v) is 3.46. The average Bonchev–Trinajstić information content (AvgIpc) is 2.56. The number of sulfone groups is 1. The molecule has 0 radical (unpaired) electrons. The Kier molecular flexibility index (Phi) is 7.12. The minimum atomic E-state index is -3.12. The van der Waals surface area contributed by atoms with Crippen molar-refractivity contribution in [3.05, 3.63) is 35.9 Å². The van der Waals surface area contributed by atoms with Gasteiger partial charge in [-0.3, -0.25) is 0 Å². The molecular weight excluding hydrogens is 336 g/mol. The lowest BCUT2D eigenvalue weighted by Gasteiger charge is -2.14. The SMILES string of the molecule is CCCCOc1ccc2c(OCCCC)ccc(CS(C)(=O)=O)c2c1. The number of ether oxygens (including phenoxy) is 2. The summed E-state index contributed by atoms with van der Waals surface area (Å²) in [5, 5.41) is 1.81. The van der Waals surface area contributed by atoms with Gasteiger partial charge < -0.3 is 9.47 Å². The first-order valence-electron chi connectivity index (χ1n) is 8.93. The van der Waals surface area contributed by atoms with Crippen LogP contribution in [0.3, 0.4) is 0 Å². The van der Waals surface area contributed by atoms with E-state index in [2.05, 4.69) is 13.8 Å². The molecule has 0 saturated heterocycles. The number of hydrogen-bond donors (Lipinski definition) is 0. The second-order valence-electron chi connectivity index (χ2n) is 6.40. The van der Waals surface area contributed by atoms with Gasteiger partial charge in [-0.15, -0.1) is 0 Å². The summed E-state index contributed by atoms with van der Waals surface area (Å²) in [5.41, 5.74) is 0.779. The van der Waals surface area contributed by atoms with Gasteiger partial charge in [-0.05, 0) is 48.1 Å². The molecule has 0 N–H and O–H groups in total. The second kappa shape index (κ2) is 9.09. The normalized spacial score (nSPS) is 11.6. The molecule has 0 saturated carbocycles. The summed E-state index contributed by atoms with van der Waals surface area (Å²) in [5.74, 6) is 1.57. The fourth-order valence-electron chi connectivity index (χ4n) is 2.64. The van der Waals surface area contributed by atoms with Crippen LogP contribution in [-0.2, 0) is 15.6 Å². The number of fused-ring (bicyclic) bond motifs is 1. The van der Waals surface area contributed by atoms with Gasteiger partial charge in [-0.25, -0.2) is 8.42 Å². The third kappa shape index (κ3) is 5.92. The molecule has 0 aromatic heterocycles. The first-order chi connectivity index (χ1) is 11.9. The lowest BCUT2D eigenvalue weighted by atomic mass is 10.0. The van der Waals surface area contributed by atoms with E-state index < -0.39 is 9.84 Å². The maximum absolute atomic E-state index is 11.8. The van der Waals surface area contributed by atoms with Gasteiger partial charge in [0.2, 0.25) is 0 Å². The quantitative estimate of drug-likeness (QED) is 0.571. The van der Waals surface area contributed by atoms with E-state index >= 15 is 0 Å². The molecule has 2 aromatic rings. The summed E-state index contributed by atoms with van der Waals surface area (Å²) in [6.07, 6.45) is 5.38. The van der Waals surface area contributed by atoms with Gasteiger partial charge in [0.1, 0.15) is 11.5 Å². The van der Waals surface area contributed by atoms with Gasteiger partial charge in [0.15, 0.2) is 9.84 Å². The van der Waals surface area contributed by atoms with Crippen molar-refractivity contribution in [2.24, 2.45) is 0 Å². The van der Waals surface area contributed by atoms with E-state index in [0.717, 1.165) is 53.5 Å². The van der Waals surface area contributed by atoms with E-state index in [1.165, 1.54) is 6.26 Å². The summed E-state index contributed by atoms with van der Waals surface area (Å²) >= 11 is 0. The monoisotopic (exact) mass is 364 g/mol. The van der Waals surface area contributed by atoms with E-state index in [1.54, 1.807) is 0 Å². The van der Waals surface area contributed by atoms with Crippen molar-refractivity contribution in [2.45, 2.75) is 45.3 Å². The fraction of sp³-hybridized carbons (Fsp3) is 0.500. The number of benzene rings is 2. The van der Waals surface area contributed by atoms with Gasteiger partial charge in [-0.1, -0.05) is 32.8 Å². The van der Waals surface area contributed by atoms with Crippen LogP contribution >= 0.6 is 0 Å². The summed E-state index contributed by atoms with van der Waals surface area (Å²) < 4.78 is 35.2. The molecule has 2 aromatic carbocycles. The highest BCUT2D eigenvalue weighted by molar-refractivity contribution is 7.89. The zero-order chi connectivity index (χ0) is 18.3. The highest BCUT2D eigenvalue weighted by Gasteiger charge is 2.13. The molecule has 2 rings (SSSR count). The third-order valence-corrected chi connectivity index (χ3v) is 4.81. The molecule has 5 heteroatoms. The lowest BCUT2D eigenvalue weighted by Crippen LogP contribution is -2.03. The molecular formula is C20H28O4S. The molecule has 138 valence electrons. The van der Waals surface area contributed by atoms with E-state index in [4.69, 9.17) is 9.47 Å². The summed E-state index contributed by atoms with van der Waals surface area (Å²) in [6.45, 7) is 5.56. The molecule has 4 nitrogen and oxygen atoms in total. The maximum atomic E-state index is 11.8. The first kappa shape index (κ1) is 19.6. The highest BCUT2D eigenvalue weighted by atomic mass is 32.2. The average molecular weight is 365 g/mol. The van der Waals surface area contributed by atoms with Crippen LogP contribution in [0.25, 0.3) is 10.8 Å². The molecule has 0 aliphatic carbocycles. The Balaban J connectivity index is 2.40. The van der Waals surface area contributed by atoms with Crippen molar-refractivity contribution in [1.82, 2.24) is 0 Å². The second-order valence-corrected chi connectivity index (χ2v) is 8.54. The number of hydrogen-bond acceptors (Lipinski definition) is 4. The predicted octanol–water partition coefficient (Wildman–Crippen LogP) is 4.74. The van der Waals surface area contributed by atoms with Crippen LogP contribution in [0.15, 0.2) is 30.3 Å². The Hall–Kier alpha value is -1.75. The maximum Gasteiger partial charge on any atom is 0.151 e. The van der Waals surface area contributed by atoms with Crippen LogP contribution in [-0.4, -0.2) is 27.9 Å². The molecule has 0 atom stereocenters. The Labute approximate surface area is 151 Å². The van der Waals surface area contributed by atoms with Crippen molar-refractivity contribution in [2.75, 3.05) is 19.5 Å². The van der Waals surface area contributed by atoms with Crippen molar-refractivity contribution in [3.63, 3.8) is 0 Å². The van der Waals surface area contributed by atoms with Gasteiger partial charge >= 0.3 is 0 Å². The molecule has 0 spiro atoms. The first-order valence-corrected chi connectivity index (χ1v) is 11.0. The van der Waals surface area contributed by atoms with Crippen LogP contribution in [0.1, 0.15) is 45.1 Å². The van der Waals surface area contributed by atoms with Crippen molar-refractivity contribution >= 4 is 20.6 Å². The van der Waals surface area contributed by atoms with Crippen molar-refractivity contribution < 1.29 is 17.9 Å². The van der Waals surface area contributed by atoms with E-state index in [-0.39, 0.29) is 5.75 Å². The van der Waals surface area contributed by atoms with Crippen LogP contribution in [0.2, 0.25) is 0 Å². The molecule has 25 heavy (non-hydrogen) atoms. The van der Waals surface area contributed by atoms with Gasteiger partial charge in [-0.2, -0.15) is 0 Å². The van der Waals surface area contributed by atoms with Gasteiger partial charge in [0.25, 0.3) is 0 Å². The van der Waals surface area contributed by atoms with Gasteiger partial charge in [0, 0.05) is 11.6 Å².